The summed E-state index contributed by atoms with van der Waals surface area (Å²) in [6.45, 7) is 2.49. The fourth-order valence-electron chi connectivity index (χ4n) is 2.94. The molecule has 0 saturated heterocycles. The van der Waals surface area contributed by atoms with Gasteiger partial charge in [0.05, 0.1) is 7.11 Å². The van der Waals surface area contributed by atoms with E-state index in [1.54, 1.807) is 31.4 Å². The second-order valence-electron chi connectivity index (χ2n) is 6.72. The van der Waals surface area contributed by atoms with Gasteiger partial charge in [-0.05, 0) is 61.4 Å². The van der Waals surface area contributed by atoms with Crippen molar-refractivity contribution in [3.63, 3.8) is 0 Å². The Kier molecular flexibility index (Phi) is 6.63. The van der Waals surface area contributed by atoms with Gasteiger partial charge in [-0.3, -0.25) is 9.59 Å². The van der Waals surface area contributed by atoms with Crippen molar-refractivity contribution in [2.24, 2.45) is 0 Å². The number of aryl methyl sites for hydroxylation is 1. The van der Waals surface area contributed by atoms with Gasteiger partial charge in [0.2, 0.25) is 0 Å². The lowest BCUT2D eigenvalue weighted by Crippen LogP contribution is -2.25. The first-order valence-electron chi connectivity index (χ1n) is 9.45. The number of anilines is 1. The highest BCUT2D eigenvalue weighted by molar-refractivity contribution is 6.05. The molecule has 0 atom stereocenters. The van der Waals surface area contributed by atoms with E-state index in [4.69, 9.17) is 4.74 Å². The molecule has 0 aliphatic heterocycles. The van der Waals surface area contributed by atoms with Crippen LogP contribution in [0.25, 0.3) is 0 Å². The molecule has 0 saturated carbocycles. The van der Waals surface area contributed by atoms with Crippen LogP contribution in [0, 0.1) is 6.92 Å². The number of rotatable bonds is 7. The summed E-state index contributed by atoms with van der Waals surface area (Å²) in [5, 5.41) is 5.74. The summed E-state index contributed by atoms with van der Waals surface area (Å²) < 4.78 is 5.32. The van der Waals surface area contributed by atoms with Crippen molar-refractivity contribution in [3.8, 4) is 5.75 Å². The van der Waals surface area contributed by atoms with Gasteiger partial charge in [-0.2, -0.15) is 0 Å². The zero-order chi connectivity index (χ0) is 20.6. The molecular weight excluding hydrogens is 364 g/mol. The fraction of sp³-hybridized carbons (Fsp3) is 0.167. The summed E-state index contributed by atoms with van der Waals surface area (Å²) in [7, 11) is 1.63. The molecule has 0 unspecified atom stereocenters. The molecular formula is C24H24N2O3. The van der Waals surface area contributed by atoms with Crippen molar-refractivity contribution >= 4 is 17.5 Å². The first-order valence-corrected chi connectivity index (χ1v) is 9.45. The molecule has 0 heterocycles. The lowest BCUT2D eigenvalue weighted by molar-refractivity contribution is 0.0952. The van der Waals surface area contributed by atoms with E-state index in [-0.39, 0.29) is 11.8 Å². The van der Waals surface area contributed by atoms with E-state index >= 15 is 0 Å². The Morgan fingerprint density at radius 1 is 0.828 bits per heavy atom. The van der Waals surface area contributed by atoms with Gasteiger partial charge >= 0.3 is 0 Å². The van der Waals surface area contributed by atoms with Gasteiger partial charge in [-0.1, -0.05) is 35.9 Å². The van der Waals surface area contributed by atoms with Crippen LogP contribution in [0.4, 0.5) is 5.69 Å². The highest BCUT2D eigenvalue weighted by Gasteiger charge is 2.10. The van der Waals surface area contributed by atoms with Crippen molar-refractivity contribution in [2.45, 2.75) is 13.3 Å². The Balaban J connectivity index is 1.54. The minimum atomic E-state index is -0.211. The Morgan fingerprint density at radius 2 is 1.45 bits per heavy atom. The number of hydrogen-bond donors (Lipinski definition) is 2. The van der Waals surface area contributed by atoms with Gasteiger partial charge in [0, 0.05) is 23.4 Å². The second-order valence-corrected chi connectivity index (χ2v) is 6.72. The number of carbonyl (C=O) groups excluding carboxylic acids is 2. The zero-order valence-corrected chi connectivity index (χ0v) is 16.6. The van der Waals surface area contributed by atoms with E-state index in [0.717, 1.165) is 22.6 Å². The molecule has 0 fully saturated rings. The number of ether oxygens (including phenoxy) is 1. The van der Waals surface area contributed by atoms with E-state index in [1.807, 2.05) is 55.5 Å². The lowest BCUT2D eigenvalue weighted by Gasteiger charge is -2.10. The van der Waals surface area contributed by atoms with Crippen molar-refractivity contribution in [1.82, 2.24) is 5.32 Å². The minimum absolute atomic E-state index is 0.176. The number of methoxy groups -OCH3 is 1. The Labute approximate surface area is 170 Å². The Bertz CT molecular complexity index is 980. The summed E-state index contributed by atoms with van der Waals surface area (Å²) in [6.07, 6.45) is 0.673. The molecule has 0 bridgehead atoms. The topological polar surface area (TPSA) is 67.4 Å². The molecule has 0 aromatic heterocycles. The molecule has 3 aromatic rings. The largest absolute Gasteiger partial charge is 0.496 e. The van der Waals surface area contributed by atoms with Crippen molar-refractivity contribution in [1.29, 1.82) is 0 Å². The standard InChI is InChI=1S/C24H24N2O3/c1-17-7-13-21(14-8-17)26-24(28)20-11-9-19(10-12-20)23(27)25-16-15-18-5-3-4-6-22(18)29-2/h3-14H,15-16H2,1-2H3,(H,25,27)(H,26,28). The van der Waals surface area contributed by atoms with Crippen LogP contribution in [0.3, 0.4) is 0 Å². The van der Waals surface area contributed by atoms with Crippen LogP contribution in [0.1, 0.15) is 31.8 Å². The van der Waals surface area contributed by atoms with Crippen LogP contribution in [-0.4, -0.2) is 25.5 Å². The number of nitrogens with one attached hydrogen (secondary N) is 2. The van der Waals surface area contributed by atoms with E-state index in [0.29, 0.717) is 24.1 Å². The van der Waals surface area contributed by atoms with Crippen LogP contribution in [0.2, 0.25) is 0 Å². The molecule has 0 aliphatic rings. The van der Waals surface area contributed by atoms with Gasteiger partial charge in [-0.15, -0.1) is 0 Å². The lowest BCUT2D eigenvalue weighted by atomic mass is 10.1. The van der Waals surface area contributed by atoms with Crippen LogP contribution < -0.4 is 15.4 Å². The molecule has 0 aliphatic carbocycles. The maximum absolute atomic E-state index is 12.4. The predicted octanol–water partition coefficient (Wildman–Crippen LogP) is 4.23. The molecule has 3 aromatic carbocycles. The fourth-order valence-corrected chi connectivity index (χ4v) is 2.94. The summed E-state index contributed by atoms with van der Waals surface area (Å²) in [5.41, 5.74) is 3.91. The van der Waals surface area contributed by atoms with E-state index in [1.165, 1.54) is 0 Å². The molecule has 3 rings (SSSR count). The first-order chi connectivity index (χ1) is 14.1. The third kappa shape index (κ3) is 5.45. The molecule has 5 nitrogen and oxygen atoms in total. The van der Waals surface area contributed by atoms with E-state index in [9.17, 15) is 9.59 Å². The highest BCUT2D eigenvalue weighted by atomic mass is 16.5. The van der Waals surface area contributed by atoms with Crippen molar-refractivity contribution < 1.29 is 14.3 Å². The molecule has 0 spiro atoms. The maximum Gasteiger partial charge on any atom is 0.255 e. The summed E-state index contributed by atoms with van der Waals surface area (Å²) in [5.74, 6) is 0.424. The van der Waals surface area contributed by atoms with E-state index in [2.05, 4.69) is 10.6 Å². The van der Waals surface area contributed by atoms with Gasteiger partial charge in [0.15, 0.2) is 0 Å². The first kappa shape index (κ1) is 20.1. The zero-order valence-electron chi connectivity index (χ0n) is 16.6. The SMILES string of the molecule is COc1ccccc1CCNC(=O)c1ccc(C(=O)Nc2ccc(C)cc2)cc1. The normalized spacial score (nSPS) is 10.3. The number of benzene rings is 3. The maximum atomic E-state index is 12.4. The third-order valence-corrected chi connectivity index (χ3v) is 4.59. The number of amides is 2. The summed E-state index contributed by atoms with van der Waals surface area (Å²) in [4.78, 5) is 24.7. The van der Waals surface area contributed by atoms with E-state index < -0.39 is 0 Å². The van der Waals surface area contributed by atoms with Crippen molar-refractivity contribution in [2.75, 3.05) is 19.0 Å². The van der Waals surface area contributed by atoms with Gasteiger partial charge in [0.1, 0.15) is 5.75 Å². The molecule has 148 valence electrons. The molecule has 5 heteroatoms. The minimum Gasteiger partial charge on any atom is -0.496 e. The quantitative estimate of drug-likeness (QED) is 0.637. The molecule has 2 amide bonds. The average molecular weight is 388 g/mol. The summed E-state index contributed by atoms with van der Waals surface area (Å²) >= 11 is 0. The number of para-hydroxylation sites is 1. The van der Waals surface area contributed by atoms with Crippen LogP contribution in [0.15, 0.2) is 72.8 Å². The van der Waals surface area contributed by atoms with Crippen LogP contribution in [-0.2, 0) is 6.42 Å². The van der Waals surface area contributed by atoms with Crippen molar-refractivity contribution in [3.05, 3.63) is 95.1 Å². The predicted molar refractivity (Wildman–Crippen MR) is 115 cm³/mol. The van der Waals surface area contributed by atoms with Gasteiger partial charge < -0.3 is 15.4 Å². The molecule has 0 radical (unpaired) electrons. The van der Waals surface area contributed by atoms with Gasteiger partial charge in [0.25, 0.3) is 11.8 Å². The smallest absolute Gasteiger partial charge is 0.255 e. The average Bonchev–Trinajstić information content (AvgIpc) is 2.75. The summed E-state index contributed by atoms with van der Waals surface area (Å²) in [6, 6.07) is 21.9. The Hall–Kier alpha value is -3.60. The molecule has 2 N–H and O–H groups in total. The Morgan fingerprint density at radius 3 is 2.10 bits per heavy atom. The monoisotopic (exact) mass is 388 g/mol. The third-order valence-electron chi connectivity index (χ3n) is 4.59. The van der Waals surface area contributed by atoms with Gasteiger partial charge in [-0.25, -0.2) is 0 Å². The number of carbonyl (C=O) groups is 2. The molecule has 29 heavy (non-hydrogen) atoms. The highest BCUT2D eigenvalue weighted by Crippen LogP contribution is 2.17. The second kappa shape index (κ2) is 9.55. The number of hydrogen-bond acceptors (Lipinski definition) is 3. The van der Waals surface area contributed by atoms with Crippen LogP contribution in [0.5, 0.6) is 5.75 Å². The van der Waals surface area contributed by atoms with Crippen LogP contribution >= 0.6 is 0 Å².